The Kier molecular flexibility index (Phi) is 3.92. The van der Waals surface area contributed by atoms with Crippen molar-refractivity contribution in [2.45, 2.75) is 4.90 Å². The summed E-state index contributed by atoms with van der Waals surface area (Å²) in [7, 11) is 0. The fourth-order valence-corrected chi connectivity index (χ4v) is 3.32. The number of nitrogens with one attached hydrogen (secondary N) is 1. The molecule has 0 atom stereocenters. The summed E-state index contributed by atoms with van der Waals surface area (Å²) >= 11 is 1.62. The van der Waals surface area contributed by atoms with E-state index in [1.807, 2.05) is 18.2 Å². The predicted molar refractivity (Wildman–Crippen MR) is 96.6 cm³/mol. The van der Waals surface area contributed by atoms with Gasteiger partial charge >= 0.3 is 0 Å². The van der Waals surface area contributed by atoms with Crippen LogP contribution in [0.1, 0.15) is 10.4 Å². The van der Waals surface area contributed by atoms with Crippen LogP contribution in [0, 0.1) is 0 Å². The maximum atomic E-state index is 12.0. The summed E-state index contributed by atoms with van der Waals surface area (Å²) in [5.74, 6) is 1.29. The molecule has 1 aliphatic rings. The van der Waals surface area contributed by atoms with Gasteiger partial charge in [-0.2, -0.15) is 0 Å². The van der Waals surface area contributed by atoms with Crippen molar-refractivity contribution >= 4 is 34.3 Å². The highest BCUT2D eigenvalue weighted by atomic mass is 32.2. The highest BCUT2D eigenvalue weighted by Gasteiger charge is 2.18. The van der Waals surface area contributed by atoms with E-state index in [-0.39, 0.29) is 5.91 Å². The highest BCUT2D eigenvalue weighted by molar-refractivity contribution is 8.00. The Bertz CT molecular complexity index is 953. The minimum absolute atomic E-state index is 0.253. The molecule has 1 N–H and O–H groups in total. The summed E-state index contributed by atoms with van der Waals surface area (Å²) in [6, 6.07) is 21.7. The van der Waals surface area contributed by atoms with Crippen molar-refractivity contribution in [3.63, 3.8) is 0 Å². The number of rotatable bonds is 3. The lowest BCUT2D eigenvalue weighted by atomic mass is 10.1. The van der Waals surface area contributed by atoms with Gasteiger partial charge in [0.25, 0.3) is 5.91 Å². The summed E-state index contributed by atoms with van der Waals surface area (Å²) in [5, 5.41) is 6.48. The molecule has 1 aliphatic heterocycles. The van der Waals surface area contributed by atoms with Crippen molar-refractivity contribution in [1.82, 2.24) is 5.43 Å². The van der Waals surface area contributed by atoms with Crippen LogP contribution in [0.15, 0.2) is 76.7 Å². The molecule has 0 unspecified atom stereocenters. The molecule has 118 valence electrons. The molecule has 3 aromatic carbocycles. The van der Waals surface area contributed by atoms with Gasteiger partial charge < -0.3 is 4.74 Å². The van der Waals surface area contributed by atoms with E-state index in [1.54, 1.807) is 30.0 Å². The first kappa shape index (κ1) is 14.8. The molecule has 0 fully saturated rings. The first-order valence-corrected chi connectivity index (χ1v) is 8.53. The van der Waals surface area contributed by atoms with E-state index in [1.165, 1.54) is 10.8 Å². The second-order valence-electron chi connectivity index (χ2n) is 5.34. The van der Waals surface area contributed by atoms with Gasteiger partial charge in [-0.15, -0.1) is 16.9 Å². The van der Waals surface area contributed by atoms with E-state index < -0.39 is 0 Å². The predicted octanol–water partition coefficient (Wildman–Crippen LogP) is 4.07. The first-order chi connectivity index (χ1) is 11.8. The van der Waals surface area contributed by atoms with Gasteiger partial charge in [-0.05, 0) is 35.0 Å². The molecular weight excluding hydrogens is 320 g/mol. The molecule has 0 aliphatic carbocycles. The van der Waals surface area contributed by atoms with Crippen LogP contribution in [-0.4, -0.2) is 17.6 Å². The van der Waals surface area contributed by atoms with Crippen LogP contribution in [0.3, 0.4) is 0 Å². The number of hydrazone groups is 1. The van der Waals surface area contributed by atoms with Crippen LogP contribution in [-0.2, 0) is 0 Å². The van der Waals surface area contributed by atoms with E-state index in [2.05, 4.69) is 40.9 Å². The SMILES string of the molecule is O=C1NN=C(CSc2ccc3ccccc3c2)Oc2ccccc21. The zero-order valence-corrected chi connectivity index (χ0v) is 13.5. The highest BCUT2D eigenvalue weighted by Crippen LogP contribution is 2.25. The Morgan fingerprint density at radius 1 is 0.958 bits per heavy atom. The fraction of sp³-hybridized carbons (Fsp3) is 0.0526. The third-order valence-electron chi connectivity index (χ3n) is 3.72. The maximum Gasteiger partial charge on any atom is 0.275 e. The van der Waals surface area contributed by atoms with Crippen LogP contribution in [0.5, 0.6) is 5.75 Å². The third-order valence-corrected chi connectivity index (χ3v) is 4.70. The quantitative estimate of drug-likeness (QED) is 0.735. The number of ether oxygens (including phenoxy) is 1. The second-order valence-corrected chi connectivity index (χ2v) is 6.39. The lowest BCUT2D eigenvalue weighted by Gasteiger charge is -2.08. The molecule has 0 bridgehead atoms. The van der Waals surface area contributed by atoms with Crippen LogP contribution in [0.2, 0.25) is 0 Å². The number of amides is 1. The summed E-state index contributed by atoms with van der Waals surface area (Å²) < 4.78 is 5.78. The molecule has 0 aromatic heterocycles. The van der Waals surface area contributed by atoms with E-state index in [0.29, 0.717) is 23.0 Å². The standard InChI is InChI=1S/C19H14N2O2S/c22-19-16-7-3-4-8-17(16)23-18(20-21-19)12-24-15-10-9-13-5-1-2-6-14(13)11-15/h1-11H,12H2,(H,21,22). The molecule has 0 radical (unpaired) electrons. The lowest BCUT2D eigenvalue weighted by Crippen LogP contribution is -2.18. The molecular formula is C19H14N2O2S. The zero-order valence-electron chi connectivity index (χ0n) is 12.7. The van der Waals surface area contributed by atoms with Crippen molar-refractivity contribution in [3.05, 3.63) is 72.3 Å². The molecule has 4 rings (SSSR count). The Balaban J connectivity index is 1.52. The Morgan fingerprint density at radius 2 is 1.75 bits per heavy atom. The molecule has 0 spiro atoms. The number of carbonyl (C=O) groups excluding carboxylic acids is 1. The summed E-state index contributed by atoms with van der Waals surface area (Å²) in [5.41, 5.74) is 3.02. The normalized spacial score (nSPS) is 13.5. The number of nitrogens with zero attached hydrogens (tertiary/aromatic N) is 1. The minimum atomic E-state index is -0.253. The number of para-hydroxylation sites is 1. The van der Waals surface area contributed by atoms with Crippen molar-refractivity contribution in [1.29, 1.82) is 0 Å². The Hall–Kier alpha value is -2.79. The van der Waals surface area contributed by atoms with Gasteiger partial charge in [0.1, 0.15) is 5.75 Å². The Labute approximate surface area is 143 Å². The van der Waals surface area contributed by atoms with Gasteiger partial charge in [-0.3, -0.25) is 4.79 Å². The fourth-order valence-electron chi connectivity index (χ4n) is 2.53. The van der Waals surface area contributed by atoms with Crippen molar-refractivity contribution in [2.75, 3.05) is 5.75 Å². The summed E-state index contributed by atoms with van der Waals surface area (Å²) in [6.45, 7) is 0. The van der Waals surface area contributed by atoms with Crippen LogP contribution in [0.4, 0.5) is 0 Å². The zero-order chi connectivity index (χ0) is 16.4. The topological polar surface area (TPSA) is 50.7 Å². The molecule has 0 saturated heterocycles. The van der Waals surface area contributed by atoms with Crippen LogP contribution in [0.25, 0.3) is 10.8 Å². The van der Waals surface area contributed by atoms with E-state index in [4.69, 9.17) is 4.74 Å². The van der Waals surface area contributed by atoms with Gasteiger partial charge in [-0.25, -0.2) is 5.43 Å². The smallest absolute Gasteiger partial charge is 0.275 e. The van der Waals surface area contributed by atoms with Gasteiger partial charge in [0.05, 0.1) is 11.3 Å². The number of thioether (sulfide) groups is 1. The average Bonchev–Trinajstić information content (AvgIpc) is 2.79. The first-order valence-electron chi connectivity index (χ1n) is 7.55. The van der Waals surface area contributed by atoms with Crippen molar-refractivity contribution in [2.24, 2.45) is 5.10 Å². The van der Waals surface area contributed by atoms with Gasteiger partial charge in [0.2, 0.25) is 5.90 Å². The van der Waals surface area contributed by atoms with Crippen LogP contribution >= 0.6 is 11.8 Å². The van der Waals surface area contributed by atoms with E-state index in [0.717, 1.165) is 4.90 Å². The van der Waals surface area contributed by atoms with Gasteiger partial charge in [0, 0.05) is 4.90 Å². The lowest BCUT2D eigenvalue weighted by molar-refractivity contribution is 0.0955. The van der Waals surface area contributed by atoms with E-state index in [9.17, 15) is 4.79 Å². The molecule has 3 aromatic rings. The van der Waals surface area contributed by atoms with Gasteiger partial charge in [0.15, 0.2) is 0 Å². The van der Waals surface area contributed by atoms with Gasteiger partial charge in [-0.1, -0.05) is 42.5 Å². The summed E-state index contributed by atoms with van der Waals surface area (Å²) in [6.07, 6.45) is 0. The Morgan fingerprint density at radius 3 is 2.67 bits per heavy atom. The maximum absolute atomic E-state index is 12.0. The monoisotopic (exact) mass is 334 g/mol. The molecule has 1 amide bonds. The van der Waals surface area contributed by atoms with Crippen molar-refractivity contribution in [3.8, 4) is 5.75 Å². The second kappa shape index (κ2) is 6.37. The number of carbonyl (C=O) groups is 1. The number of hydrogen-bond donors (Lipinski definition) is 1. The number of fused-ring (bicyclic) bond motifs is 2. The summed E-state index contributed by atoms with van der Waals surface area (Å²) in [4.78, 5) is 13.1. The third kappa shape index (κ3) is 2.98. The molecule has 4 nitrogen and oxygen atoms in total. The number of benzene rings is 3. The number of hydrogen-bond acceptors (Lipinski definition) is 4. The molecule has 1 heterocycles. The minimum Gasteiger partial charge on any atom is -0.440 e. The molecule has 0 saturated carbocycles. The molecule has 5 heteroatoms. The average molecular weight is 334 g/mol. The van der Waals surface area contributed by atoms with Crippen LogP contribution < -0.4 is 10.2 Å². The van der Waals surface area contributed by atoms with E-state index >= 15 is 0 Å². The van der Waals surface area contributed by atoms with Crippen molar-refractivity contribution < 1.29 is 9.53 Å². The largest absolute Gasteiger partial charge is 0.440 e. The molecule has 24 heavy (non-hydrogen) atoms.